The SMILES string of the molecule is CCNC(=NCc1cccc(OC)c1)NCC(C)c1ccsc1.I. The molecule has 6 heteroatoms. The van der Waals surface area contributed by atoms with E-state index >= 15 is 0 Å². The quantitative estimate of drug-likeness (QED) is 0.370. The molecule has 1 unspecified atom stereocenters. The molecule has 0 amide bonds. The van der Waals surface area contributed by atoms with Gasteiger partial charge >= 0.3 is 0 Å². The summed E-state index contributed by atoms with van der Waals surface area (Å²) in [6, 6.07) is 10.2. The van der Waals surface area contributed by atoms with Crippen molar-refractivity contribution < 1.29 is 4.74 Å². The fraction of sp³-hybridized carbons (Fsp3) is 0.389. The van der Waals surface area contributed by atoms with Crippen molar-refractivity contribution in [1.82, 2.24) is 10.6 Å². The Balaban J connectivity index is 0.00000288. The molecule has 2 rings (SSSR count). The van der Waals surface area contributed by atoms with Gasteiger partial charge in [-0.1, -0.05) is 19.1 Å². The van der Waals surface area contributed by atoms with Gasteiger partial charge in [0.15, 0.2) is 5.96 Å². The van der Waals surface area contributed by atoms with Crippen LogP contribution in [-0.4, -0.2) is 26.2 Å². The Morgan fingerprint density at radius 2 is 2.12 bits per heavy atom. The first-order chi connectivity index (χ1) is 11.2. The van der Waals surface area contributed by atoms with Crippen LogP contribution in [0.1, 0.15) is 30.9 Å². The molecule has 0 fully saturated rings. The molecule has 1 heterocycles. The summed E-state index contributed by atoms with van der Waals surface area (Å²) in [5.74, 6) is 2.17. The predicted octanol–water partition coefficient (Wildman–Crippen LogP) is 4.23. The number of guanidine groups is 1. The Labute approximate surface area is 165 Å². The maximum absolute atomic E-state index is 5.25. The number of hydrogen-bond acceptors (Lipinski definition) is 3. The molecule has 1 aromatic carbocycles. The Hall–Kier alpha value is -1.28. The molecule has 0 radical (unpaired) electrons. The average Bonchev–Trinajstić information content (AvgIpc) is 3.12. The number of ether oxygens (including phenoxy) is 1. The number of nitrogens with one attached hydrogen (secondary N) is 2. The molecule has 2 aromatic rings. The lowest BCUT2D eigenvalue weighted by Gasteiger charge is -2.15. The van der Waals surface area contributed by atoms with E-state index in [1.807, 2.05) is 18.2 Å². The van der Waals surface area contributed by atoms with Gasteiger partial charge in [0.2, 0.25) is 0 Å². The standard InChI is InChI=1S/C18H25N3OS.HI/c1-4-19-18(20-11-14(2)16-8-9-23-13-16)21-12-15-6-5-7-17(10-15)22-3;/h5-10,13-14H,4,11-12H2,1-3H3,(H2,19,20,21);1H. The summed E-state index contributed by atoms with van der Waals surface area (Å²) in [4.78, 5) is 4.65. The molecule has 1 aromatic heterocycles. The van der Waals surface area contributed by atoms with Gasteiger partial charge in [0.1, 0.15) is 5.75 Å². The molecule has 2 N–H and O–H groups in total. The van der Waals surface area contributed by atoms with Crippen LogP contribution in [0.25, 0.3) is 0 Å². The molecule has 0 aliphatic carbocycles. The third-order valence-corrected chi connectivity index (χ3v) is 4.29. The van der Waals surface area contributed by atoms with Crippen molar-refractivity contribution in [1.29, 1.82) is 0 Å². The van der Waals surface area contributed by atoms with Gasteiger partial charge in [0.05, 0.1) is 13.7 Å². The normalized spacial score (nSPS) is 12.2. The van der Waals surface area contributed by atoms with Gasteiger partial charge in [-0.15, -0.1) is 24.0 Å². The van der Waals surface area contributed by atoms with Gasteiger partial charge < -0.3 is 15.4 Å². The number of thiophene rings is 1. The highest BCUT2D eigenvalue weighted by molar-refractivity contribution is 14.0. The third kappa shape index (κ3) is 6.68. The highest BCUT2D eigenvalue weighted by atomic mass is 127. The highest BCUT2D eigenvalue weighted by Crippen LogP contribution is 2.17. The van der Waals surface area contributed by atoms with Gasteiger partial charge in [-0.25, -0.2) is 4.99 Å². The zero-order valence-electron chi connectivity index (χ0n) is 14.4. The zero-order valence-corrected chi connectivity index (χ0v) is 17.6. The Bertz CT molecular complexity index is 616. The second-order valence-electron chi connectivity index (χ2n) is 5.39. The molecular weight excluding hydrogens is 433 g/mol. The summed E-state index contributed by atoms with van der Waals surface area (Å²) in [7, 11) is 1.68. The lowest BCUT2D eigenvalue weighted by atomic mass is 10.1. The zero-order chi connectivity index (χ0) is 16.5. The van der Waals surface area contributed by atoms with Crippen LogP contribution in [0.5, 0.6) is 5.75 Å². The smallest absolute Gasteiger partial charge is 0.191 e. The second kappa shape index (κ2) is 11.3. The van der Waals surface area contributed by atoms with Crippen molar-refractivity contribution in [2.75, 3.05) is 20.2 Å². The molecule has 0 spiro atoms. The predicted molar refractivity (Wildman–Crippen MR) is 114 cm³/mol. The Morgan fingerprint density at radius 3 is 2.79 bits per heavy atom. The van der Waals surface area contributed by atoms with Crippen LogP contribution >= 0.6 is 35.3 Å². The average molecular weight is 459 g/mol. The first-order valence-corrected chi connectivity index (χ1v) is 8.84. The maximum atomic E-state index is 5.25. The van der Waals surface area contributed by atoms with Gasteiger partial charge in [0, 0.05) is 13.1 Å². The lowest BCUT2D eigenvalue weighted by Crippen LogP contribution is -2.39. The molecule has 0 bridgehead atoms. The first-order valence-electron chi connectivity index (χ1n) is 7.90. The summed E-state index contributed by atoms with van der Waals surface area (Å²) in [6.45, 7) is 6.63. The largest absolute Gasteiger partial charge is 0.497 e. The molecular formula is C18H26IN3OS. The van der Waals surface area contributed by atoms with Crippen LogP contribution in [0.3, 0.4) is 0 Å². The van der Waals surface area contributed by atoms with Gasteiger partial charge in [-0.3, -0.25) is 0 Å². The molecule has 0 saturated heterocycles. The van der Waals surface area contributed by atoms with Crippen LogP contribution < -0.4 is 15.4 Å². The van der Waals surface area contributed by atoms with Crippen LogP contribution in [0.15, 0.2) is 46.1 Å². The lowest BCUT2D eigenvalue weighted by molar-refractivity contribution is 0.414. The monoisotopic (exact) mass is 459 g/mol. The van der Waals surface area contributed by atoms with Crippen LogP contribution in [0, 0.1) is 0 Å². The van der Waals surface area contributed by atoms with E-state index in [0.717, 1.165) is 30.4 Å². The van der Waals surface area contributed by atoms with Crippen LogP contribution in [-0.2, 0) is 6.54 Å². The topological polar surface area (TPSA) is 45.7 Å². The second-order valence-corrected chi connectivity index (χ2v) is 6.17. The molecule has 0 aliphatic rings. The van der Waals surface area contributed by atoms with Gasteiger partial charge in [0.25, 0.3) is 0 Å². The van der Waals surface area contributed by atoms with Crippen molar-refractivity contribution in [2.24, 2.45) is 4.99 Å². The number of rotatable bonds is 7. The van der Waals surface area contributed by atoms with Crippen molar-refractivity contribution in [3.05, 3.63) is 52.2 Å². The Kier molecular flexibility index (Phi) is 9.78. The van der Waals surface area contributed by atoms with Gasteiger partial charge in [-0.05, 0) is 52.9 Å². The Morgan fingerprint density at radius 1 is 1.29 bits per heavy atom. The van der Waals surface area contributed by atoms with Gasteiger partial charge in [-0.2, -0.15) is 11.3 Å². The molecule has 1 atom stereocenters. The van der Waals surface area contributed by atoms with Crippen molar-refractivity contribution >= 4 is 41.3 Å². The first kappa shape index (κ1) is 20.8. The van der Waals surface area contributed by atoms with E-state index in [9.17, 15) is 0 Å². The fourth-order valence-corrected chi connectivity index (χ4v) is 2.99. The van der Waals surface area contributed by atoms with E-state index < -0.39 is 0 Å². The summed E-state index contributed by atoms with van der Waals surface area (Å²) in [6.07, 6.45) is 0. The molecule has 0 aliphatic heterocycles. The van der Waals surface area contributed by atoms with Crippen LogP contribution in [0.4, 0.5) is 0 Å². The number of aliphatic imine (C=N–C) groups is 1. The fourth-order valence-electron chi connectivity index (χ4n) is 2.21. The molecule has 0 saturated carbocycles. The number of halogens is 1. The number of nitrogens with zero attached hydrogens (tertiary/aromatic N) is 1. The number of methoxy groups -OCH3 is 1. The van der Waals surface area contributed by atoms with Crippen molar-refractivity contribution in [3.63, 3.8) is 0 Å². The van der Waals surface area contributed by atoms with E-state index in [2.05, 4.69) is 52.4 Å². The summed E-state index contributed by atoms with van der Waals surface area (Å²) < 4.78 is 5.25. The summed E-state index contributed by atoms with van der Waals surface area (Å²) >= 11 is 1.74. The van der Waals surface area contributed by atoms with E-state index in [1.54, 1.807) is 18.4 Å². The summed E-state index contributed by atoms with van der Waals surface area (Å²) in [5.41, 5.74) is 2.50. The van der Waals surface area contributed by atoms with E-state index in [0.29, 0.717) is 12.5 Å². The maximum Gasteiger partial charge on any atom is 0.191 e. The minimum atomic E-state index is 0. The van der Waals surface area contributed by atoms with E-state index in [-0.39, 0.29) is 24.0 Å². The van der Waals surface area contributed by atoms with Crippen molar-refractivity contribution in [2.45, 2.75) is 26.3 Å². The minimum absolute atomic E-state index is 0. The number of benzene rings is 1. The van der Waals surface area contributed by atoms with Crippen molar-refractivity contribution in [3.8, 4) is 5.75 Å². The highest BCUT2D eigenvalue weighted by Gasteiger charge is 2.07. The summed E-state index contributed by atoms with van der Waals surface area (Å²) in [5, 5.41) is 11.0. The van der Waals surface area contributed by atoms with E-state index in [1.165, 1.54) is 5.56 Å². The third-order valence-electron chi connectivity index (χ3n) is 3.59. The molecule has 24 heavy (non-hydrogen) atoms. The molecule has 132 valence electrons. The van der Waals surface area contributed by atoms with Crippen LogP contribution in [0.2, 0.25) is 0 Å². The minimum Gasteiger partial charge on any atom is -0.497 e. The number of hydrogen-bond donors (Lipinski definition) is 2. The molecule has 4 nitrogen and oxygen atoms in total. The van der Waals surface area contributed by atoms with E-state index in [4.69, 9.17) is 4.74 Å².